The van der Waals surface area contributed by atoms with E-state index in [4.69, 9.17) is 4.74 Å². The lowest BCUT2D eigenvalue weighted by Gasteiger charge is -2.05. The van der Waals surface area contributed by atoms with Crippen molar-refractivity contribution in [2.24, 2.45) is 0 Å². The average molecular weight is 390 g/mol. The minimum atomic E-state index is 0.570. The zero-order valence-corrected chi connectivity index (χ0v) is 12.1. The Labute approximate surface area is 116 Å². The Bertz CT molecular complexity index is 410. The number of rotatable bonds is 3. The maximum atomic E-state index is 5.60. The molecule has 0 N–H and O–H groups in total. The highest BCUT2D eigenvalue weighted by molar-refractivity contribution is 14.1. The predicted molar refractivity (Wildman–Crippen MR) is 75.4 cm³/mol. The van der Waals surface area contributed by atoms with Crippen LogP contribution in [0.2, 0.25) is 0 Å². The number of hydrogen-bond acceptors (Lipinski definition) is 2. The second-order valence-corrected chi connectivity index (χ2v) is 5.29. The molecule has 82 valence electrons. The van der Waals surface area contributed by atoms with Gasteiger partial charge < -0.3 is 4.74 Å². The third kappa shape index (κ3) is 3.45. The molecule has 0 fully saturated rings. The van der Waals surface area contributed by atoms with Gasteiger partial charge in [0, 0.05) is 3.57 Å². The Kier molecular flexibility index (Phi) is 4.17. The van der Waals surface area contributed by atoms with Crippen LogP contribution in [0.1, 0.15) is 5.56 Å². The van der Waals surface area contributed by atoms with Crippen LogP contribution in [0.3, 0.4) is 0 Å². The molecule has 0 radical (unpaired) electrons. The van der Waals surface area contributed by atoms with Gasteiger partial charge in [0.05, 0.1) is 6.20 Å². The molecule has 1 aromatic carbocycles. The number of nitrogens with zero attached hydrogens (tertiary/aromatic N) is 1. The molecule has 0 saturated carbocycles. The van der Waals surface area contributed by atoms with Crippen molar-refractivity contribution in [3.8, 4) is 5.75 Å². The van der Waals surface area contributed by atoms with E-state index in [1.54, 1.807) is 6.20 Å². The fourth-order valence-corrected chi connectivity index (χ4v) is 1.79. The summed E-state index contributed by atoms with van der Waals surface area (Å²) in [6.07, 6.45) is 1.71. The lowest BCUT2D eigenvalue weighted by atomic mass is 10.2. The number of pyridine rings is 1. The Morgan fingerprint density at radius 2 is 1.88 bits per heavy atom. The monoisotopic (exact) mass is 389 g/mol. The lowest BCUT2D eigenvalue weighted by molar-refractivity contribution is 0.305. The van der Waals surface area contributed by atoms with Crippen LogP contribution in [0.25, 0.3) is 0 Å². The molecule has 16 heavy (non-hydrogen) atoms. The van der Waals surface area contributed by atoms with Gasteiger partial charge in [-0.3, -0.25) is 0 Å². The van der Waals surface area contributed by atoms with E-state index in [1.807, 2.05) is 12.1 Å². The zero-order chi connectivity index (χ0) is 11.4. The molecular formula is C12H9BrINO. The van der Waals surface area contributed by atoms with Crippen molar-refractivity contribution >= 4 is 38.5 Å². The fraction of sp³-hybridized carbons (Fsp3) is 0.0833. The molecule has 0 saturated heterocycles. The molecule has 0 amide bonds. The molecule has 4 heteroatoms. The lowest BCUT2D eigenvalue weighted by Crippen LogP contribution is -1.95. The fourth-order valence-electron chi connectivity index (χ4n) is 1.19. The summed E-state index contributed by atoms with van der Waals surface area (Å²) < 4.78 is 7.64. The molecule has 2 aromatic rings. The minimum absolute atomic E-state index is 0.570. The van der Waals surface area contributed by atoms with Crippen LogP contribution in [0.5, 0.6) is 5.75 Å². The molecular weight excluding hydrogens is 381 g/mol. The van der Waals surface area contributed by atoms with E-state index in [0.29, 0.717) is 6.61 Å². The Morgan fingerprint density at radius 3 is 2.50 bits per heavy atom. The number of hydrogen-bond donors (Lipinski definition) is 0. The molecule has 1 aromatic heterocycles. The number of ether oxygens (including phenoxy) is 1. The van der Waals surface area contributed by atoms with E-state index < -0.39 is 0 Å². The van der Waals surface area contributed by atoms with Gasteiger partial charge in [0.1, 0.15) is 17.0 Å². The Hall–Kier alpha value is -0.620. The number of aromatic nitrogens is 1. The molecule has 0 atom stereocenters. The van der Waals surface area contributed by atoms with Crippen LogP contribution in [0, 0.1) is 3.57 Å². The van der Waals surface area contributed by atoms with Crippen LogP contribution in [0.4, 0.5) is 0 Å². The second-order valence-electron chi connectivity index (χ2n) is 3.23. The molecule has 0 aliphatic carbocycles. The first-order valence-electron chi connectivity index (χ1n) is 4.73. The van der Waals surface area contributed by atoms with Gasteiger partial charge in [0.15, 0.2) is 0 Å². The zero-order valence-electron chi connectivity index (χ0n) is 8.36. The van der Waals surface area contributed by atoms with Crippen LogP contribution >= 0.6 is 38.5 Å². The summed E-state index contributed by atoms with van der Waals surface area (Å²) in [6, 6.07) is 12.0. The third-order valence-corrected chi connectivity index (χ3v) is 3.21. The molecule has 0 aliphatic rings. The minimum Gasteiger partial charge on any atom is -0.487 e. The third-order valence-electron chi connectivity index (χ3n) is 2.02. The standard InChI is InChI=1S/C12H9BrINO/c13-12-6-5-11(7-15-12)16-8-9-1-3-10(14)4-2-9/h1-7H,8H2. The molecule has 0 spiro atoms. The van der Waals surface area contributed by atoms with Crippen molar-refractivity contribution in [1.82, 2.24) is 4.98 Å². The Morgan fingerprint density at radius 1 is 1.12 bits per heavy atom. The second kappa shape index (κ2) is 5.63. The van der Waals surface area contributed by atoms with Crippen LogP contribution in [0.15, 0.2) is 47.2 Å². The maximum absolute atomic E-state index is 5.60. The molecule has 0 bridgehead atoms. The highest BCUT2D eigenvalue weighted by atomic mass is 127. The largest absolute Gasteiger partial charge is 0.487 e. The summed E-state index contributed by atoms with van der Waals surface area (Å²) in [4.78, 5) is 4.10. The van der Waals surface area contributed by atoms with Gasteiger partial charge in [-0.05, 0) is 68.3 Å². The van der Waals surface area contributed by atoms with E-state index in [9.17, 15) is 0 Å². The molecule has 0 unspecified atom stereocenters. The predicted octanol–water partition coefficient (Wildman–Crippen LogP) is 4.03. The summed E-state index contributed by atoms with van der Waals surface area (Å²) in [5.41, 5.74) is 1.16. The van der Waals surface area contributed by atoms with Crippen molar-refractivity contribution < 1.29 is 4.74 Å². The van der Waals surface area contributed by atoms with Gasteiger partial charge in [-0.25, -0.2) is 4.98 Å². The van der Waals surface area contributed by atoms with Gasteiger partial charge in [-0.15, -0.1) is 0 Å². The van der Waals surface area contributed by atoms with E-state index in [0.717, 1.165) is 15.9 Å². The highest BCUT2D eigenvalue weighted by Crippen LogP contribution is 2.15. The first kappa shape index (κ1) is 11.9. The van der Waals surface area contributed by atoms with Crippen molar-refractivity contribution in [1.29, 1.82) is 0 Å². The van der Waals surface area contributed by atoms with Gasteiger partial charge in [-0.2, -0.15) is 0 Å². The van der Waals surface area contributed by atoms with E-state index in [2.05, 4.69) is 67.8 Å². The highest BCUT2D eigenvalue weighted by Gasteiger charge is 1.96. The number of halogens is 2. The van der Waals surface area contributed by atoms with Gasteiger partial charge >= 0.3 is 0 Å². The number of benzene rings is 1. The van der Waals surface area contributed by atoms with Gasteiger partial charge in [0.2, 0.25) is 0 Å². The van der Waals surface area contributed by atoms with Crippen molar-refractivity contribution in [3.63, 3.8) is 0 Å². The first-order valence-corrected chi connectivity index (χ1v) is 6.60. The molecule has 0 aliphatic heterocycles. The Balaban J connectivity index is 1.97. The van der Waals surface area contributed by atoms with Crippen molar-refractivity contribution in [3.05, 3.63) is 56.3 Å². The quantitative estimate of drug-likeness (QED) is 0.584. The van der Waals surface area contributed by atoms with Gasteiger partial charge in [0.25, 0.3) is 0 Å². The average Bonchev–Trinajstić information content (AvgIpc) is 2.30. The summed E-state index contributed by atoms with van der Waals surface area (Å²) in [7, 11) is 0. The molecule has 1 heterocycles. The maximum Gasteiger partial charge on any atom is 0.138 e. The van der Waals surface area contributed by atoms with E-state index in [1.165, 1.54) is 3.57 Å². The van der Waals surface area contributed by atoms with Crippen LogP contribution in [-0.2, 0) is 6.61 Å². The van der Waals surface area contributed by atoms with Crippen LogP contribution in [-0.4, -0.2) is 4.98 Å². The summed E-state index contributed by atoms with van der Waals surface area (Å²) in [5.74, 6) is 0.779. The smallest absolute Gasteiger partial charge is 0.138 e. The molecule has 2 nitrogen and oxygen atoms in total. The summed E-state index contributed by atoms with van der Waals surface area (Å²) >= 11 is 5.57. The van der Waals surface area contributed by atoms with Crippen LogP contribution < -0.4 is 4.74 Å². The van der Waals surface area contributed by atoms with Crippen molar-refractivity contribution in [2.45, 2.75) is 6.61 Å². The SMILES string of the molecule is Brc1ccc(OCc2ccc(I)cc2)cn1. The summed E-state index contributed by atoms with van der Waals surface area (Å²) in [6.45, 7) is 0.570. The summed E-state index contributed by atoms with van der Waals surface area (Å²) in [5, 5.41) is 0. The van der Waals surface area contributed by atoms with E-state index in [-0.39, 0.29) is 0 Å². The normalized spacial score (nSPS) is 10.1. The van der Waals surface area contributed by atoms with Crippen molar-refractivity contribution in [2.75, 3.05) is 0 Å². The first-order chi connectivity index (χ1) is 7.74. The van der Waals surface area contributed by atoms with Gasteiger partial charge in [-0.1, -0.05) is 12.1 Å². The molecule has 2 rings (SSSR count). The van der Waals surface area contributed by atoms with E-state index >= 15 is 0 Å². The topological polar surface area (TPSA) is 22.1 Å².